The Balaban J connectivity index is 1.71. The predicted molar refractivity (Wildman–Crippen MR) is 69.4 cm³/mol. The molecule has 0 radical (unpaired) electrons. The van der Waals surface area contributed by atoms with Gasteiger partial charge in [0.1, 0.15) is 6.61 Å². The molecule has 2 aromatic rings. The summed E-state index contributed by atoms with van der Waals surface area (Å²) < 4.78 is 6.94. The lowest BCUT2D eigenvalue weighted by Gasteiger charge is -2.02. The molecule has 0 aliphatic heterocycles. The summed E-state index contributed by atoms with van der Waals surface area (Å²) in [4.78, 5) is 15.7. The summed E-state index contributed by atoms with van der Waals surface area (Å²) in [6.45, 7) is 1.17. The van der Waals surface area contributed by atoms with Crippen LogP contribution in [0.15, 0.2) is 24.5 Å². The van der Waals surface area contributed by atoms with E-state index >= 15 is 0 Å². The fraction of sp³-hybridized carbons (Fsp3) is 0.417. The zero-order valence-corrected chi connectivity index (χ0v) is 10.8. The molecule has 7 nitrogen and oxygen atoms in total. The van der Waals surface area contributed by atoms with Crippen LogP contribution in [0.3, 0.4) is 0 Å². The summed E-state index contributed by atoms with van der Waals surface area (Å²) in [7, 11) is 1.57. The molecule has 2 N–H and O–H groups in total. The normalized spacial score (nSPS) is 10.6. The molecule has 2 rings (SSSR count). The van der Waals surface area contributed by atoms with Gasteiger partial charge in [-0.25, -0.2) is 0 Å². The number of amides is 1. The highest BCUT2D eigenvalue weighted by molar-refractivity contribution is 5.88. The van der Waals surface area contributed by atoms with E-state index in [2.05, 4.69) is 20.5 Å². The second-order valence-corrected chi connectivity index (χ2v) is 4.11. The summed E-state index contributed by atoms with van der Waals surface area (Å²) in [5.41, 5.74) is 0. The number of hydrogen-bond donors (Lipinski definition) is 2. The fourth-order valence-electron chi connectivity index (χ4n) is 1.68. The van der Waals surface area contributed by atoms with E-state index in [0.29, 0.717) is 18.9 Å². The minimum absolute atomic E-state index is 0.0878. The molecule has 0 fully saturated rings. The van der Waals surface area contributed by atoms with Gasteiger partial charge in [-0.1, -0.05) is 0 Å². The van der Waals surface area contributed by atoms with Gasteiger partial charge >= 0.3 is 0 Å². The molecular formula is C12H17N5O2. The number of carbonyl (C=O) groups excluding carboxylic acids is 1. The number of nitrogens with zero attached hydrogens (tertiary/aromatic N) is 3. The first-order chi connectivity index (χ1) is 9.28. The lowest BCUT2D eigenvalue weighted by atomic mass is 10.3. The van der Waals surface area contributed by atoms with Gasteiger partial charge in [0.2, 0.25) is 11.9 Å². The maximum absolute atomic E-state index is 11.7. The number of ether oxygens (including phenoxy) is 1. The Hall–Kier alpha value is -2.15. The molecule has 0 saturated carbocycles. The number of H-pyrrole nitrogens is 1. The van der Waals surface area contributed by atoms with Crippen molar-refractivity contribution in [3.8, 4) is 0 Å². The van der Waals surface area contributed by atoms with E-state index in [4.69, 9.17) is 4.74 Å². The first-order valence-electron chi connectivity index (χ1n) is 6.09. The van der Waals surface area contributed by atoms with E-state index in [-0.39, 0.29) is 11.9 Å². The lowest BCUT2D eigenvalue weighted by Crippen LogP contribution is -2.13. The second-order valence-electron chi connectivity index (χ2n) is 4.11. The van der Waals surface area contributed by atoms with Gasteiger partial charge in [0, 0.05) is 32.5 Å². The van der Waals surface area contributed by atoms with Gasteiger partial charge in [-0.15, -0.1) is 5.10 Å². The van der Waals surface area contributed by atoms with Crippen molar-refractivity contribution in [2.45, 2.75) is 26.0 Å². The van der Waals surface area contributed by atoms with Gasteiger partial charge in [0.05, 0.1) is 0 Å². The molecule has 0 aliphatic carbocycles. The number of carbonyl (C=O) groups is 1. The molecule has 2 aromatic heterocycles. The molecule has 7 heteroatoms. The van der Waals surface area contributed by atoms with Crippen molar-refractivity contribution >= 4 is 11.9 Å². The van der Waals surface area contributed by atoms with Crippen molar-refractivity contribution < 1.29 is 9.53 Å². The first kappa shape index (κ1) is 13.3. The Morgan fingerprint density at radius 1 is 1.47 bits per heavy atom. The Kier molecular flexibility index (Phi) is 4.68. The largest absolute Gasteiger partial charge is 0.377 e. The van der Waals surface area contributed by atoms with Crippen LogP contribution >= 0.6 is 0 Å². The van der Waals surface area contributed by atoms with Crippen molar-refractivity contribution in [1.82, 2.24) is 19.7 Å². The van der Waals surface area contributed by atoms with E-state index in [1.54, 1.807) is 7.11 Å². The summed E-state index contributed by atoms with van der Waals surface area (Å²) in [5, 5.41) is 9.21. The number of hydrogen-bond acceptors (Lipinski definition) is 4. The maximum atomic E-state index is 11.7. The molecule has 0 bridgehead atoms. The van der Waals surface area contributed by atoms with Crippen molar-refractivity contribution in [3.05, 3.63) is 30.4 Å². The van der Waals surface area contributed by atoms with Crippen LogP contribution in [0, 0.1) is 0 Å². The molecule has 19 heavy (non-hydrogen) atoms. The number of aromatic amines is 1. The number of nitrogens with one attached hydrogen (secondary N) is 2. The molecule has 0 aromatic carbocycles. The first-order valence-corrected chi connectivity index (χ1v) is 6.09. The van der Waals surface area contributed by atoms with E-state index in [9.17, 15) is 4.79 Å². The summed E-state index contributed by atoms with van der Waals surface area (Å²) in [6.07, 6.45) is 5.16. The molecule has 102 valence electrons. The van der Waals surface area contributed by atoms with E-state index in [1.807, 2.05) is 29.1 Å². The number of aromatic nitrogens is 4. The van der Waals surface area contributed by atoms with E-state index < -0.39 is 0 Å². The van der Waals surface area contributed by atoms with Crippen LogP contribution in [0.2, 0.25) is 0 Å². The highest BCUT2D eigenvalue weighted by atomic mass is 16.5. The Morgan fingerprint density at radius 3 is 3.00 bits per heavy atom. The number of rotatable bonds is 7. The molecule has 2 heterocycles. The fourth-order valence-corrected chi connectivity index (χ4v) is 1.68. The Labute approximate surface area is 111 Å². The number of aryl methyl sites for hydroxylation is 1. The average molecular weight is 263 g/mol. The topological polar surface area (TPSA) is 84.8 Å². The number of anilines is 1. The van der Waals surface area contributed by atoms with E-state index in [1.165, 1.54) is 0 Å². The van der Waals surface area contributed by atoms with Gasteiger partial charge < -0.3 is 9.30 Å². The monoisotopic (exact) mass is 263 g/mol. The molecular weight excluding hydrogens is 246 g/mol. The van der Waals surface area contributed by atoms with Gasteiger partial charge in [-0.2, -0.15) is 4.98 Å². The zero-order valence-electron chi connectivity index (χ0n) is 10.8. The third-order valence-corrected chi connectivity index (χ3v) is 2.55. The van der Waals surface area contributed by atoms with Gasteiger partial charge in [0.25, 0.3) is 0 Å². The van der Waals surface area contributed by atoms with Crippen molar-refractivity contribution in [2.75, 3.05) is 12.4 Å². The van der Waals surface area contributed by atoms with Crippen LogP contribution in [0.5, 0.6) is 0 Å². The quantitative estimate of drug-likeness (QED) is 0.785. The zero-order chi connectivity index (χ0) is 13.5. The van der Waals surface area contributed by atoms with Gasteiger partial charge in [-0.05, 0) is 18.6 Å². The molecule has 0 spiro atoms. The average Bonchev–Trinajstić information content (AvgIpc) is 3.02. The van der Waals surface area contributed by atoms with Crippen molar-refractivity contribution in [1.29, 1.82) is 0 Å². The third-order valence-electron chi connectivity index (χ3n) is 2.55. The van der Waals surface area contributed by atoms with Crippen LogP contribution in [0.4, 0.5) is 5.95 Å². The lowest BCUT2D eigenvalue weighted by molar-refractivity contribution is -0.116. The molecule has 0 unspecified atom stereocenters. The minimum atomic E-state index is -0.0878. The van der Waals surface area contributed by atoms with Crippen LogP contribution in [0.1, 0.15) is 18.7 Å². The minimum Gasteiger partial charge on any atom is -0.377 e. The van der Waals surface area contributed by atoms with Gasteiger partial charge in [-0.3, -0.25) is 15.2 Å². The number of methoxy groups -OCH3 is 1. The van der Waals surface area contributed by atoms with Crippen molar-refractivity contribution in [2.24, 2.45) is 0 Å². The summed E-state index contributed by atoms with van der Waals surface area (Å²) in [5.74, 6) is 0.790. The summed E-state index contributed by atoms with van der Waals surface area (Å²) >= 11 is 0. The molecule has 0 saturated heterocycles. The Bertz CT molecular complexity index is 506. The van der Waals surface area contributed by atoms with E-state index in [0.717, 1.165) is 13.0 Å². The summed E-state index contributed by atoms with van der Waals surface area (Å²) in [6, 6.07) is 3.93. The molecule has 0 atom stereocenters. The molecule has 0 aliphatic rings. The maximum Gasteiger partial charge on any atom is 0.248 e. The standard InChI is InChI=1S/C12H17N5O2/c1-19-9-10-13-12(16-15-10)14-11(18)5-4-8-17-6-2-3-7-17/h2-3,6-7H,4-5,8-9H2,1H3,(H2,13,14,15,16,18). The van der Waals surface area contributed by atoms with Gasteiger partial charge in [0.15, 0.2) is 5.82 Å². The van der Waals surface area contributed by atoms with Crippen LogP contribution in [-0.4, -0.2) is 32.8 Å². The SMILES string of the molecule is COCc1nc(NC(=O)CCCn2cccc2)n[nH]1. The van der Waals surface area contributed by atoms with Crippen LogP contribution < -0.4 is 5.32 Å². The molecule has 1 amide bonds. The smallest absolute Gasteiger partial charge is 0.248 e. The highest BCUT2D eigenvalue weighted by Gasteiger charge is 2.07. The van der Waals surface area contributed by atoms with Crippen LogP contribution in [0.25, 0.3) is 0 Å². The van der Waals surface area contributed by atoms with Crippen LogP contribution in [-0.2, 0) is 22.7 Å². The Morgan fingerprint density at radius 2 is 2.26 bits per heavy atom. The second kappa shape index (κ2) is 6.69. The highest BCUT2D eigenvalue weighted by Crippen LogP contribution is 2.02. The third kappa shape index (κ3) is 4.22. The van der Waals surface area contributed by atoms with Crippen molar-refractivity contribution in [3.63, 3.8) is 0 Å². The predicted octanol–water partition coefficient (Wildman–Crippen LogP) is 1.17.